The molecule has 1 atom stereocenters. The molecule has 1 N–H and O–H groups in total. The first kappa shape index (κ1) is 23.7. The summed E-state index contributed by atoms with van der Waals surface area (Å²) in [4.78, 5) is 27.8. The van der Waals surface area contributed by atoms with Crippen LogP contribution in [0.25, 0.3) is 0 Å². The van der Waals surface area contributed by atoms with Crippen molar-refractivity contribution in [2.45, 2.75) is 63.4 Å². The van der Waals surface area contributed by atoms with E-state index in [1.54, 1.807) is 4.90 Å². The first-order valence-corrected chi connectivity index (χ1v) is 12.5. The number of nitrogens with zero attached hydrogens (tertiary/aromatic N) is 1. The molecular weight excluding hydrogens is 428 g/mol. The summed E-state index contributed by atoms with van der Waals surface area (Å²) < 4.78 is 0. The highest BCUT2D eigenvalue weighted by atomic mass is 35.5. The molecule has 0 heterocycles. The molecule has 3 rings (SSSR count). The van der Waals surface area contributed by atoms with Gasteiger partial charge in [0.2, 0.25) is 11.8 Å². The minimum absolute atomic E-state index is 0.0350. The fourth-order valence-corrected chi connectivity index (χ4v) is 5.07. The predicted octanol–water partition coefficient (Wildman–Crippen LogP) is 5.44. The van der Waals surface area contributed by atoms with Crippen LogP contribution in [0.15, 0.2) is 54.6 Å². The maximum Gasteiger partial charge on any atom is 0.242 e. The zero-order valence-electron chi connectivity index (χ0n) is 18.1. The lowest BCUT2D eigenvalue weighted by molar-refractivity contribution is -0.139. The van der Waals surface area contributed by atoms with Crippen molar-refractivity contribution in [3.63, 3.8) is 0 Å². The van der Waals surface area contributed by atoms with Crippen LogP contribution in [0.4, 0.5) is 0 Å². The van der Waals surface area contributed by atoms with E-state index in [1.165, 1.54) is 18.2 Å². The third kappa shape index (κ3) is 7.29. The molecular formula is C25H31ClN2O2S. The van der Waals surface area contributed by atoms with E-state index in [0.717, 1.165) is 36.8 Å². The Hall–Kier alpha value is -1.98. The predicted molar refractivity (Wildman–Crippen MR) is 129 cm³/mol. The van der Waals surface area contributed by atoms with Gasteiger partial charge in [0.1, 0.15) is 6.04 Å². The number of halogens is 1. The van der Waals surface area contributed by atoms with Crippen molar-refractivity contribution in [1.82, 2.24) is 10.2 Å². The third-order valence-corrected chi connectivity index (χ3v) is 7.09. The van der Waals surface area contributed by atoms with Gasteiger partial charge in [0, 0.05) is 23.4 Å². The number of benzene rings is 2. The van der Waals surface area contributed by atoms with Gasteiger partial charge in [-0.1, -0.05) is 79.4 Å². The van der Waals surface area contributed by atoms with Crippen LogP contribution >= 0.6 is 23.4 Å². The molecule has 1 aliphatic carbocycles. The molecule has 0 aromatic heterocycles. The molecule has 0 radical (unpaired) electrons. The highest BCUT2D eigenvalue weighted by molar-refractivity contribution is 7.99. The molecule has 31 heavy (non-hydrogen) atoms. The maximum absolute atomic E-state index is 13.2. The lowest BCUT2D eigenvalue weighted by Crippen LogP contribution is -2.50. The van der Waals surface area contributed by atoms with Crippen LogP contribution in [0.5, 0.6) is 0 Å². The van der Waals surface area contributed by atoms with E-state index in [9.17, 15) is 9.59 Å². The van der Waals surface area contributed by atoms with Gasteiger partial charge in [-0.3, -0.25) is 9.59 Å². The zero-order chi connectivity index (χ0) is 22.1. The Morgan fingerprint density at radius 2 is 1.74 bits per heavy atom. The van der Waals surface area contributed by atoms with Crippen LogP contribution < -0.4 is 5.32 Å². The van der Waals surface area contributed by atoms with Gasteiger partial charge in [-0.15, -0.1) is 11.8 Å². The van der Waals surface area contributed by atoms with Gasteiger partial charge in [-0.05, 0) is 37.0 Å². The van der Waals surface area contributed by atoms with Crippen LogP contribution in [0.3, 0.4) is 0 Å². The number of nitrogens with one attached hydrogen (secondary N) is 1. The Balaban J connectivity index is 1.63. The van der Waals surface area contributed by atoms with Crippen LogP contribution in [-0.4, -0.2) is 34.6 Å². The summed E-state index contributed by atoms with van der Waals surface area (Å²) in [6, 6.07) is 17.2. The van der Waals surface area contributed by atoms with Gasteiger partial charge in [-0.25, -0.2) is 0 Å². The molecule has 2 amide bonds. The van der Waals surface area contributed by atoms with E-state index in [0.29, 0.717) is 23.1 Å². The molecule has 0 bridgehead atoms. The first-order valence-electron chi connectivity index (χ1n) is 11.0. The van der Waals surface area contributed by atoms with Crippen LogP contribution in [0, 0.1) is 0 Å². The van der Waals surface area contributed by atoms with Gasteiger partial charge >= 0.3 is 0 Å². The monoisotopic (exact) mass is 458 g/mol. The fourth-order valence-electron chi connectivity index (χ4n) is 3.88. The number of hydrogen-bond donors (Lipinski definition) is 1. The lowest BCUT2D eigenvalue weighted by atomic mass is 9.95. The largest absolute Gasteiger partial charge is 0.352 e. The molecule has 1 fully saturated rings. The van der Waals surface area contributed by atoms with Gasteiger partial charge in [0.15, 0.2) is 0 Å². The van der Waals surface area contributed by atoms with Crippen molar-refractivity contribution in [1.29, 1.82) is 0 Å². The van der Waals surface area contributed by atoms with E-state index < -0.39 is 6.04 Å². The van der Waals surface area contributed by atoms with E-state index in [2.05, 4.69) is 5.32 Å². The lowest BCUT2D eigenvalue weighted by Gasteiger charge is -2.31. The summed E-state index contributed by atoms with van der Waals surface area (Å²) in [6.07, 6.45) is 5.61. The van der Waals surface area contributed by atoms with Crippen molar-refractivity contribution in [3.05, 3.63) is 70.7 Å². The van der Waals surface area contributed by atoms with E-state index in [-0.39, 0.29) is 17.9 Å². The third-order valence-electron chi connectivity index (χ3n) is 5.76. The number of hydrogen-bond acceptors (Lipinski definition) is 3. The number of carbonyl (C=O) groups is 2. The van der Waals surface area contributed by atoms with Crippen LogP contribution in [0.2, 0.25) is 5.02 Å². The second kappa shape index (κ2) is 12.2. The highest BCUT2D eigenvalue weighted by Gasteiger charge is 2.28. The number of amides is 2. The minimum atomic E-state index is -0.518. The van der Waals surface area contributed by atoms with Crippen molar-refractivity contribution < 1.29 is 9.59 Å². The maximum atomic E-state index is 13.2. The normalized spacial score (nSPS) is 15.3. The summed E-state index contributed by atoms with van der Waals surface area (Å²) in [7, 11) is 0. The molecule has 0 spiro atoms. The Morgan fingerprint density at radius 3 is 2.45 bits per heavy atom. The molecule has 0 unspecified atom stereocenters. The van der Waals surface area contributed by atoms with Crippen LogP contribution in [0.1, 0.15) is 50.2 Å². The smallest absolute Gasteiger partial charge is 0.242 e. The number of thioether (sulfide) groups is 1. The quantitative estimate of drug-likeness (QED) is 0.544. The highest BCUT2D eigenvalue weighted by Crippen LogP contribution is 2.22. The number of rotatable bonds is 9. The standard InChI is InChI=1S/C25H31ClN2O2S/c1-19(25(30)27-22-13-6-3-7-14-22)28(16-20-10-4-2-5-11-20)24(29)18-31-17-21-12-8-9-15-23(21)26/h2,4-5,8-12,15,19,22H,3,6-7,13-14,16-18H2,1H3,(H,27,30)/t19-/m0/s1. The van der Waals surface area contributed by atoms with Crippen molar-refractivity contribution >= 4 is 35.2 Å². The average molecular weight is 459 g/mol. The molecule has 166 valence electrons. The summed E-state index contributed by atoms with van der Waals surface area (Å²) >= 11 is 7.76. The Labute approximate surface area is 194 Å². The van der Waals surface area contributed by atoms with Gasteiger partial charge < -0.3 is 10.2 Å². The topological polar surface area (TPSA) is 49.4 Å². The minimum Gasteiger partial charge on any atom is -0.352 e. The second-order valence-corrected chi connectivity index (χ2v) is 9.50. The molecule has 2 aromatic carbocycles. The summed E-state index contributed by atoms with van der Waals surface area (Å²) in [5.41, 5.74) is 2.03. The molecule has 0 aliphatic heterocycles. The molecule has 0 saturated heterocycles. The Bertz CT molecular complexity index is 856. The van der Waals surface area contributed by atoms with E-state index in [1.807, 2.05) is 61.5 Å². The molecule has 1 saturated carbocycles. The summed E-state index contributed by atoms with van der Waals surface area (Å²) in [5, 5.41) is 3.88. The van der Waals surface area contributed by atoms with Crippen molar-refractivity contribution in [2.24, 2.45) is 0 Å². The van der Waals surface area contributed by atoms with Gasteiger partial charge in [0.05, 0.1) is 5.75 Å². The molecule has 6 heteroatoms. The summed E-state index contributed by atoms with van der Waals surface area (Å²) in [6.45, 7) is 2.25. The Morgan fingerprint density at radius 1 is 1.06 bits per heavy atom. The average Bonchev–Trinajstić information content (AvgIpc) is 2.79. The number of carbonyl (C=O) groups excluding carboxylic acids is 2. The van der Waals surface area contributed by atoms with E-state index >= 15 is 0 Å². The molecule has 1 aliphatic rings. The van der Waals surface area contributed by atoms with Gasteiger partial charge in [-0.2, -0.15) is 0 Å². The van der Waals surface area contributed by atoms with Crippen molar-refractivity contribution in [3.8, 4) is 0 Å². The first-order chi connectivity index (χ1) is 15.0. The molecule has 4 nitrogen and oxygen atoms in total. The van der Waals surface area contributed by atoms with Gasteiger partial charge in [0.25, 0.3) is 0 Å². The zero-order valence-corrected chi connectivity index (χ0v) is 19.6. The second-order valence-electron chi connectivity index (χ2n) is 8.11. The molecule has 2 aromatic rings. The van der Waals surface area contributed by atoms with Crippen molar-refractivity contribution in [2.75, 3.05) is 5.75 Å². The fraction of sp³-hybridized carbons (Fsp3) is 0.440. The summed E-state index contributed by atoms with van der Waals surface area (Å²) in [5.74, 6) is 0.867. The van der Waals surface area contributed by atoms with E-state index in [4.69, 9.17) is 11.6 Å². The SMILES string of the molecule is C[C@@H](C(=O)NC1CCCCC1)N(Cc1ccccc1)C(=O)CSCc1ccccc1Cl. The van der Waals surface area contributed by atoms with Crippen LogP contribution in [-0.2, 0) is 21.9 Å². The Kier molecular flexibility index (Phi) is 9.29.